The van der Waals surface area contributed by atoms with Gasteiger partial charge in [-0.3, -0.25) is 14.9 Å². The Labute approximate surface area is 97.2 Å². The van der Waals surface area contributed by atoms with Crippen molar-refractivity contribution >= 4 is 23.2 Å². The Kier molecular flexibility index (Phi) is 3.16. The van der Waals surface area contributed by atoms with Gasteiger partial charge in [-0.2, -0.15) is 0 Å². The molecule has 8 nitrogen and oxygen atoms in total. The van der Waals surface area contributed by atoms with E-state index in [4.69, 9.17) is 11.5 Å². The van der Waals surface area contributed by atoms with Crippen molar-refractivity contribution in [1.82, 2.24) is 4.98 Å². The summed E-state index contributed by atoms with van der Waals surface area (Å²) in [6, 6.07) is 2.31. The third-order valence-electron chi connectivity index (χ3n) is 2.10. The number of nitrogens with two attached hydrogens (primary N) is 2. The van der Waals surface area contributed by atoms with Crippen molar-refractivity contribution in [3.05, 3.63) is 22.2 Å². The molecule has 0 saturated heterocycles. The van der Waals surface area contributed by atoms with Crippen molar-refractivity contribution in [1.29, 1.82) is 0 Å². The standard InChI is InChI=1S/C9H13N5O3/c1-9(2,8(11)15)13-7-4-5(14(16)17)3-6(10)12-7/h3-4H,1-2H3,(H2,11,15)(H3,10,12,13). The third kappa shape index (κ3) is 3.03. The number of nitrogen functional groups attached to an aromatic ring is 1. The second-order valence-corrected chi connectivity index (χ2v) is 4.01. The average molecular weight is 239 g/mol. The van der Waals surface area contributed by atoms with Crippen LogP contribution in [0.4, 0.5) is 17.3 Å². The first-order valence-corrected chi connectivity index (χ1v) is 4.72. The number of nitro groups is 1. The van der Waals surface area contributed by atoms with Crippen molar-refractivity contribution in [2.75, 3.05) is 11.1 Å². The van der Waals surface area contributed by atoms with Crippen molar-refractivity contribution < 1.29 is 9.72 Å². The van der Waals surface area contributed by atoms with E-state index in [0.29, 0.717) is 0 Å². The van der Waals surface area contributed by atoms with Gasteiger partial charge < -0.3 is 16.8 Å². The van der Waals surface area contributed by atoms with Gasteiger partial charge in [-0.15, -0.1) is 0 Å². The lowest BCUT2D eigenvalue weighted by atomic mass is 10.1. The first kappa shape index (κ1) is 12.7. The first-order chi connectivity index (χ1) is 7.72. The van der Waals surface area contributed by atoms with Crippen LogP contribution in [0.15, 0.2) is 12.1 Å². The molecule has 1 aromatic heterocycles. The number of hydrogen-bond donors (Lipinski definition) is 3. The Balaban J connectivity index is 3.07. The van der Waals surface area contributed by atoms with E-state index in [2.05, 4.69) is 10.3 Å². The SMILES string of the molecule is CC(C)(Nc1cc([N+](=O)[O-])cc(N)n1)C(N)=O. The van der Waals surface area contributed by atoms with Crippen molar-refractivity contribution in [3.8, 4) is 0 Å². The molecule has 0 aromatic carbocycles. The number of carbonyl (C=O) groups is 1. The Morgan fingerprint density at radius 3 is 2.59 bits per heavy atom. The lowest BCUT2D eigenvalue weighted by molar-refractivity contribution is -0.384. The average Bonchev–Trinajstić information content (AvgIpc) is 2.15. The topological polar surface area (TPSA) is 137 Å². The summed E-state index contributed by atoms with van der Waals surface area (Å²) in [5.41, 5.74) is 9.30. The molecule has 1 aromatic rings. The van der Waals surface area contributed by atoms with Crippen LogP contribution in [0.25, 0.3) is 0 Å². The molecule has 0 aliphatic heterocycles. The van der Waals surface area contributed by atoms with Gasteiger partial charge in [0.15, 0.2) is 0 Å². The van der Waals surface area contributed by atoms with Crippen LogP contribution in [-0.2, 0) is 4.79 Å². The minimum atomic E-state index is -1.07. The zero-order chi connectivity index (χ0) is 13.2. The summed E-state index contributed by atoms with van der Waals surface area (Å²) < 4.78 is 0. The molecule has 0 spiro atoms. The van der Waals surface area contributed by atoms with Crippen molar-refractivity contribution in [3.63, 3.8) is 0 Å². The molecule has 8 heteroatoms. The highest BCUT2D eigenvalue weighted by molar-refractivity contribution is 5.86. The van der Waals surface area contributed by atoms with Crippen LogP contribution in [-0.4, -0.2) is 21.4 Å². The number of nitrogens with zero attached hydrogens (tertiary/aromatic N) is 2. The van der Waals surface area contributed by atoms with Gasteiger partial charge in [-0.1, -0.05) is 0 Å². The Bertz CT molecular complexity index is 472. The van der Waals surface area contributed by atoms with E-state index in [9.17, 15) is 14.9 Å². The van der Waals surface area contributed by atoms with Crippen LogP contribution in [0.2, 0.25) is 0 Å². The molecule has 92 valence electrons. The highest BCUT2D eigenvalue weighted by Gasteiger charge is 2.25. The number of anilines is 2. The molecule has 1 rings (SSSR count). The third-order valence-corrected chi connectivity index (χ3v) is 2.10. The predicted molar refractivity (Wildman–Crippen MR) is 62.2 cm³/mol. The molecular weight excluding hydrogens is 226 g/mol. The summed E-state index contributed by atoms with van der Waals surface area (Å²) in [5, 5.41) is 13.3. The molecule has 0 aliphatic carbocycles. The number of carbonyl (C=O) groups excluding carboxylic acids is 1. The largest absolute Gasteiger partial charge is 0.383 e. The molecule has 17 heavy (non-hydrogen) atoms. The molecule has 0 saturated carbocycles. The van der Waals surface area contributed by atoms with Gasteiger partial charge in [0, 0.05) is 0 Å². The Morgan fingerprint density at radius 2 is 2.12 bits per heavy atom. The van der Waals surface area contributed by atoms with Gasteiger partial charge in [0.25, 0.3) is 5.69 Å². The molecule has 0 aliphatic rings. The summed E-state index contributed by atoms with van der Waals surface area (Å²) in [7, 11) is 0. The van der Waals surface area contributed by atoms with Crippen LogP contribution in [0.1, 0.15) is 13.8 Å². The van der Waals surface area contributed by atoms with E-state index < -0.39 is 16.4 Å². The zero-order valence-electron chi connectivity index (χ0n) is 9.43. The van der Waals surface area contributed by atoms with Crippen LogP contribution in [0, 0.1) is 10.1 Å². The van der Waals surface area contributed by atoms with E-state index in [1.807, 2.05) is 0 Å². The van der Waals surface area contributed by atoms with Gasteiger partial charge in [0.2, 0.25) is 5.91 Å². The molecule has 0 unspecified atom stereocenters. The summed E-state index contributed by atoms with van der Waals surface area (Å²) in [6.07, 6.45) is 0. The number of primary amides is 1. The van der Waals surface area contributed by atoms with Crippen LogP contribution in [0.5, 0.6) is 0 Å². The lowest BCUT2D eigenvalue weighted by Crippen LogP contribution is -2.45. The minimum Gasteiger partial charge on any atom is -0.383 e. The van der Waals surface area contributed by atoms with Gasteiger partial charge in [0.05, 0.1) is 17.1 Å². The summed E-state index contributed by atoms with van der Waals surface area (Å²) in [6.45, 7) is 3.07. The molecule has 5 N–H and O–H groups in total. The van der Waals surface area contributed by atoms with Gasteiger partial charge >= 0.3 is 0 Å². The predicted octanol–water partition coefficient (Wildman–Crippen LogP) is 0.248. The fraction of sp³-hybridized carbons (Fsp3) is 0.333. The van der Waals surface area contributed by atoms with E-state index in [1.165, 1.54) is 19.9 Å². The van der Waals surface area contributed by atoms with E-state index in [-0.39, 0.29) is 17.3 Å². The van der Waals surface area contributed by atoms with Gasteiger partial charge in [-0.05, 0) is 13.8 Å². The van der Waals surface area contributed by atoms with Gasteiger partial charge in [0.1, 0.15) is 17.2 Å². The highest BCUT2D eigenvalue weighted by atomic mass is 16.6. The molecule has 0 fully saturated rings. The van der Waals surface area contributed by atoms with Crippen LogP contribution >= 0.6 is 0 Å². The smallest absolute Gasteiger partial charge is 0.276 e. The zero-order valence-corrected chi connectivity index (χ0v) is 9.43. The fourth-order valence-electron chi connectivity index (χ4n) is 1.09. The quantitative estimate of drug-likeness (QED) is 0.508. The minimum absolute atomic E-state index is 0.0121. The highest BCUT2D eigenvalue weighted by Crippen LogP contribution is 2.21. The van der Waals surface area contributed by atoms with Gasteiger partial charge in [-0.25, -0.2) is 4.98 Å². The molecule has 1 heterocycles. The second-order valence-electron chi connectivity index (χ2n) is 4.01. The second kappa shape index (κ2) is 4.24. The number of aromatic nitrogens is 1. The number of pyridine rings is 1. The van der Waals surface area contributed by atoms with Crippen LogP contribution in [0.3, 0.4) is 0 Å². The monoisotopic (exact) mass is 239 g/mol. The molecular formula is C9H13N5O3. The van der Waals surface area contributed by atoms with E-state index in [0.717, 1.165) is 6.07 Å². The number of amides is 1. The van der Waals surface area contributed by atoms with Crippen LogP contribution < -0.4 is 16.8 Å². The molecule has 0 radical (unpaired) electrons. The summed E-state index contributed by atoms with van der Waals surface area (Å²) in [5.74, 6) is -0.494. The number of nitrogens with one attached hydrogen (secondary N) is 1. The maximum Gasteiger partial charge on any atom is 0.276 e. The van der Waals surface area contributed by atoms with Crippen molar-refractivity contribution in [2.45, 2.75) is 19.4 Å². The maximum absolute atomic E-state index is 11.1. The molecule has 0 bridgehead atoms. The summed E-state index contributed by atoms with van der Waals surface area (Å²) >= 11 is 0. The Morgan fingerprint density at radius 1 is 1.53 bits per heavy atom. The fourth-order valence-corrected chi connectivity index (χ4v) is 1.09. The molecule has 1 amide bonds. The lowest BCUT2D eigenvalue weighted by Gasteiger charge is -2.22. The molecule has 0 atom stereocenters. The Hall–Kier alpha value is -2.38. The number of hydrogen-bond acceptors (Lipinski definition) is 6. The van der Waals surface area contributed by atoms with E-state index in [1.54, 1.807) is 0 Å². The first-order valence-electron chi connectivity index (χ1n) is 4.72. The number of rotatable bonds is 4. The van der Waals surface area contributed by atoms with E-state index >= 15 is 0 Å². The maximum atomic E-state index is 11.1. The summed E-state index contributed by atoms with van der Waals surface area (Å²) in [4.78, 5) is 24.9. The normalized spacial score (nSPS) is 10.9. The van der Waals surface area contributed by atoms with Crippen molar-refractivity contribution in [2.24, 2.45) is 5.73 Å².